The summed E-state index contributed by atoms with van der Waals surface area (Å²) in [6.45, 7) is 0. The Kier molecular flexibility index (Phi) is 3.16. The molecule has 0 spiro atoms. The maximum atomic E-state index is 12.1. The molecule has 90 valence electrons. The van der Waals surface area contributed by atoms with Crippen molar-refractivity contribution < 1.29 is 13.2 Å². The Balaban J connectivity index is 2.01. The van der Waals surface area contributed by atoms with Crippen LogP contribution in [0.15, 0.2) is 0 Å². The van der Waals surface area contributed by atoms with E-state index < -0.39 is 12.6 Å². The molecular formula is C10H14F3N3. The normalized spacial score (nSPS) is 18.9. The van der Waals surface area contributed by atoms with E-state index in [0.29, 0.717) is 5.82 Å². The molecule has 1 aromatic rings. The molecule has 1 fully saturated rings. The van der Waals surface area contributed by atoms with Gasteiger partial charge in [0.15, 0.2) is 5.82 Å². The van der Waals surface area contributed by atoms with Gasteiger partial charge in [-0.05, 0) is 12.8 Å². The van der Waals surface area contributed by atoms with Gasteiger partial charge in [-0.25, -0.2) is 4.98 Å². The van der Waals surface area contributed by atoms with E-state index in [-0.39, 0.29) is 11.7 Å². The van der Waals surface area contributed by atoms with Crippen LogP contribution in [0, 0.1) is 0 Å². The van der Waals surface area contributed by atoms with E-state index in [2.05, 4.69) is 15.2 Å². The van der Waals surface area contributed by atoms with E-state index >= 15 is 0 Å². The lowest BCUT2D eigenvalue weighted by Crippen LogP contribution is -2.13. The maximum absolute atomic E-state index is 12.1. The van der Waals surface area contributed by atoms with Gasteiger partial charge < -0.3 is 0 Å². The van der Waals surface area contributed by atoms with E-state index in [1.54, 1.807) is 0 Å². The van der Waals surface area contributed by atoms with Crippen LogP contribution in [0.1, 0.15) is 49.7 Å². The van der Waals surface area contributed by atoms with Crippen molar-refractivity contribution in [3.05, 3.63) is 11.6 Å². The predicted octanol–water partition coefficient (Wildman–Crippen LogP) is 2.96. The van der Waals surface area contributed by atoms with Crippen molar-refractivity contribution in [2.75, 3.05) is 0 Å². The first-order valence-electron chi connectivity index (χ1n) is 5.52. The fourth-order valence-corrected chi connectivity index (χ4v) is 2.12. The van der Waals surface area contributed by atoms with Crippen LogP contribution in [0.5, 0.6) is 0 Å². The van der Waals surface area contributed by atoms with E-state index in [0.717, 1.165) is 25.7 Å². The summed E-state index contributed by atoms with van der Waals surface area (Å²) in [5.74, 6) is 0.721. The van der Waals surface area contributed by atoms with Crippen LogP contribution in [0.2, 0.25) is 0 Å². The SMILES string of the molecule is FC(F)(F)Cc1nc(C2CCCCC2)n[nH]1. The van der Waals surface area contributed by atoms with Gasteiger partial charge in [0.25, 0.3) is 0 Å². The molecule has 6 heteroatoms. The zero-order chi connectivity index (χ0) is 11.6. The third-order valence-electron chi connectivity index (χ3n) is 2.89. The topological polar surface area (TPSA) is 41.6 Å². The van der Waals surface area contributed by atoms with Gasteiger partial charge in [0, 0.05) is 5.92 Å². The van der Waals surface area contributed by atoms with Gasteiger partial charge in [-0.2, -0.15) is 18.3 Å². The molecule has 1 aromatic heterocycles. The third kappa shape index (κ3) is 2.96. The molecule has 1 saturated carbocycles. The summed E-state index contributed by atoms with van der Waals surface area (Å²) in [5.41, 5.74) is 0. The number of aromatic amines is 1. The number of halogens is 3. The Hall–Kier alpha value is -1.07. The second-order valence-electron chi connectivity index (χ2n) is 4.27. The van der Waals surface area contributed by atoms with Gasteiger partial charge >= 0.3 is 6.18 Å². The summed E-state index contributed by atoms with van der Waals surface area (Å²) in [6, 6.07) is 0. The molecule has 1 aliphatic rings. The molecule has 16 heavy (non-hydrogen) atoms. The quantitative estimate of drug-likeness (QED) is 0.853. The zero-order valence-corrected chi connectivity index (χ0v) is 8.85. The average molecular weight is 233 g/mol. The summed E-state index contributed by atoms with van der Waals surface area (Å²) in [6.07, 6.45) is 0.181. The molecular weight excluding hydrogens is 219 g/mol. The van der Waals surface area contributed by atoms with Crippen LogP contribution < -0.4 is 0 Å². The second kappa shape index (κ2) is 4.43. The highest BCUT2D eigenvalue weighted by Crippen LogP contribution is 2.30. The molecule has 1 N–H and O–H groups in total. The van der Waals surface area contributed by atoms with Crippen molar-refractivity contribution in [3.8, 4) is 0 Å². The Morgan fingerprint density at radius 3 is 2.50 bits per heavy atom. The minimum absolute atomic E-state index is 0.0759. The van der Waals surface area contributed by atoms with Crippen LogP contribution in [-0.2, 0) is 6.42 Å². The smallest absolute Gasteiger partial charge is 0.263 e. The molecule has 1 heterocycles. The number of nitrogens with zero attached hydrogens (tertiary/aromatic N) is 2. The summed E-state index contributed by atoms with van der Waals surface area (Å²) in [4.78, 5) is 3.93. The zero-order valence-electron chi connectivity index (χ0n) is 8.85. The van der Waals surface area contributed by atoms with Crippen molar-refractivity contribution in [2.45, 2.75) is 50.6 Å². The van der Waals surface area contributed by atoms with Crippen molar-refractivity contribution in [3.63, 3.8) is 0 Å². The standard InChI is InChI=1S/C10H14F3N3/c11-10(12,13)6-8-14-9(16-15-8)7-4-2-1-3-5-7/h7H,1-6H2,(H,14,15,16). The largest absolute Gasteiger partial charge is 0.396 e. The van der Waals surface area contributed by atoms with Gasteiger partial charge in [0.2, 0.25) is 0 Å². The molecule has 0 aromatic carbocycles. The first-order chi connectivity index (χ1) is 7.54. The van der Waals surface area contributed by atoms with Crippen molar-refractivity contribution in [1.82, 2.24) is 15.2 Å². The molecule has 0 bridgehead atoms. The molecule has 2 rings (SSSR count). The molecule has 0 aliphatic heterocycles. The molecule has 0 radical (unpaired) electrons. The lowest BCUT2D eigenvalue weighted by Gasteiger charge is -2.18. The second-order valence-corrected chi connectivity index (χ2v) is 4.27. The summed E-state index contributed by atoms with van der Waals surface area (Å²) >= 11 is 0. The maximum Gasteiger partial charge on any atom is 0.396 e. The summed E-state index contributed by atoms with van der Waals surface area (Å²) in [5, 5.41) is 6.27. The molecule has 0 atom stereocenters. The van der Waals surface area contributed by atoms with Crippen molar-refractivity contribution in [1.29, 1.82) is 0 Å². The van der Waals surface area contributed by atoms with Crippen molar-refractivity contribution in [2.24, 2.45) is 0 Å². The predicted molar refractivity (Wildman–Crippen MR) is 52.0 cm³/mol. The number of hydrogen-bond donors (Lipinski definition) is 1. The van der Waals surface area contributed by atoms with Crippen molar-refractivity contribution >= 4 is 0 Å². The molecule has 0 unspecified atom stereocenters. The number of rotatable bonds is 2. The first-order valence-corrected chi connectivity index (χ1v) is 5.52. The lowest BCUT2D eigenvalue weighted by molar-refractivity contribution is -0.128. The van der Waals surface area contributed by atoms with E-state index in [1.165, 1.54) is 6.42 Å². The minimum atomic E-state index is -4.22. The molecule has 1 aliphatic carbocycles. The van der Waals surface area contributed by atoms with E-state index in [4.69, 9.17) is 0 Å². The minimum Gasteiger partial charge on any atom is -0.263 e. The highest BCUT2D eigenvalue weighted by Gasteiger charge is 2.30. The van der Waals surface area contributed by atoms with Crippen LogP contribution in [0.3, 0.4) is 0 Å². The summed E-state index contributed by atoms with van der Waals surface area (Å²) < 4.78 is 36.3. The number of nitrogens with one attached hydrogen (secondary N) is 1. The highest BCUT2D eigenvalue weighted by molar-refractivity contribution is 4.99. The Bertz CT molecular complexity index is 339. The molecule has 0 amide bonds. The summed E-state index contributed by atoms with van der Waals surface area (Å²) in [7, 11) is 0. The van der Waals surface area contributed by atoms with Crippen LogP contribution in [0.25, 0.3) is 0 Å². The monoisotopic (exact) mass is 233 g/mol. The Morgan fingerprint density at radius 1 is 1.19 bits per heavy atom. The lowest BCUT2D eigenvalue weighted by atomic mass is 9.89. The first kappa shape index (κ1) is 11.4. The van der Waals surface area contributed by atoms with Crippen LogP contribution in [0.4, 0.5) is 13.2 Å². The third-order valence-corrected chi connectivity index (χ3v) is 2.89. The van der Waals surface area contributed by atoms with Crippen LogP contribution in [-0.4, -0.2) is 21.4 Å². The van der Waals surface area contributed by atoms with Gasteiger partial charge in [0.05, 0.1) is 0 Å². The van der Waals surface area contributed by atoms with E-state index in [9.17, 15) is 13.2 Å². The number of alkyl halides is 3. The highest BCUT2D eigenvalue weighted by atomic mass is 19.4. The van der Waals surface area contributed by atoms with Gasteiger partial charge in [-0.15, -0.1) is 0 Å². The average Bonchev–Trinajstić information content (AvgIpc) is 2.65. The van der Waals surface area contributed by atoms with Gasteiger partial charge in [-0.3, -0.25) is 5.10 Å². The van der Waals surface area contributed by atoms with E-state index in [1.807, 2.05) is 0 Å². The molecule has 0 saturated heterocycles. The Labute approximate surface area is 91.5 Å². The molecule has 3 nitrogen and oxygen atoms in total. The Morgan fingerprint density at radius 2 is 1.88 bits per heavy atom. The van der Waals surface area contributed by atoms with Gasteiger partial charge in [-0.1, -0.05) is 19.3 Å². The number of aromatic nitrogens is 3. The number of H-pyrrole nitrogens is 1. The fraction of sp³-hybridized carbons (Fsp3) is 0.800. The fourth-order valence-electron chi connectivity index (χ4n) is 2.12. The van der Waals surface area contributed by atoms with Crippen LogP contribution >= 0.6 is 0 Å². The number of hydrogen-bond acceptors (Lipinski definition) is 2. The van der Waals surface area contributed by atoms with Gasteiger partial charge in [0.1, 0.15) is 12.2 Å².